The summed E-state index contributed by atoms with van der Waals surface area (Å²) in [5.41, 5.74) is 2.92. The van der Waals surface area contributed by atoms with Crippen molar-refractivity contribution in [2.45, 2.75) is 25.3 Å². The van der Waals surface area contributed by atoms with Crippen molar-refractivity contribution in [2.75, 3.05) is 5.32 Å². The molecular weight excluding hydrogens is 414 g/mol. The van der Waals surface area contributed by atoms with Crippen LogP contribution < -0.4 is 5.32 Å². The quantitative estimate of drug-likeness (QED) is 0.592. The van der Waals surface area contributed by atoms with E-state index in [1.807, 2.05) is 6.07 Å². The van der Waals surface area contributed by atoms with Gasteiger partial charge in [-0.15, -0.1) is 5.10 Å². The van der Waals surface area contributed by atoms with Crippen molar-refractivity contribution in [2.24, 2.45) is 0 Å². The monoisotopic (exact) mass is 428 g/mol. The van der Waals surface area contributed by atoms with Crippen molar-refractivity contribution in [3.8, 4) is 11.4 Å². The zero-order valence-electron chi connectivity index (χ0n) is 15.1. The molecule has 1 unspecified atom stereocenters. The molecule has 0 bridgehead atoms. The van der Waals surface area contributed by atoms with Crippen LogP contribution >= 0.6 is 23.2 Å². The van der Waals surface area contributed by atoms with Crippen molar-refractivity contribution in [3.05, 3.63) is 75.2 Å². The summed E-state index contributed by atoms with van der Waals surface area (Å²) in [6.07, 6.45) is 2.02. The van der Waals surface area contributed by atoms with E-state index in [9.17, 15) is 9.18 Å². The largest absolute Gasteiger partial charge is 0.328 e. The molecule has 1 aliphatic heterocycles. The summed E-state index contributed by atoms with van der Waals surface area (Å²) in [6, 6.07) is 10.7. The average Bonchev–Trinajstić information content (AvgIpc) is 3.11. The van der Waals surface area contributed by atoms with Gasteiger partial charge in [0.1, 0.15) is 11.9 Å². The molecular formula is C21H15Cl2FN4O. The van der Waals surface area contributed by atoms with Gasteiger partial charge in [0.2, 0.25) is 5.95 Å². The van der Waals surface area contributed by atoms with Gasteiger partial charge in [-0.25, -0.2) is 9.07 Å². The molecule has 1 atom stereocenters. The standard InChI is InChI=1S/C21H15Cl2FN4O/c22-12-6-9-14(15(23)10-12)19-18-16(2-1-3-17(18)29)25-21-26-20(27-28(19)21)11-4-7-13(24)8-5-11/h4-10,19H,1-3H2,(H,25,26,27). The first-order chi connectivity index (χ1) is 14.0. The Morgan fingerprint density at radius 1 is 1.10 bits per heavy atom. The lowest BCUT2D eigenvalue weighted by molar-refractivity contribution is -0.116. The van der Waals surface area contributed by atoms with E-state index in [4.69, 9.17) is 23.2 Å². The number of carbonyl (C=O) groups excluding carboxylic acids is 1. The molecule has 1 aliphatic carbocycles. The van der Waals surface area contributed by atoms with Crippen LogP contribution in [0.3, 0.4) is 0 Å². The molecule has 0 fully saturated rings. The van der Waals surface area contributed by atoms with Crippen molar-refractivity contribution in [1.29, 1.82) is 0 Å². The second-order valence-electron chi connectivity index (χ2n) is 7.07. The first kappa shape index (κ1) is 18.3. The van der Waals surface area contributed by atoms with Crippen molar-refractivity contribution < 1.29 is 9.18 Å². The Morgan fingerprint density at radius 3 is 2.66 bits per heavy atom. The zero-order chi connectivity index (χ0) is 20.1. The zero-order valence-corrected chi connectivity index (χ0v) is 16.6. The summed E-state index contributed by atoms with van der Waals surface area (Å²) < 4.78 is 15.0. The van der Waals surface area contributed by atoms with Crippen molar-refractivity contribution in [3.63, 3.8) is 0 Å². The molecule has 5 rings (SSSR count). The van der Waals surface area contributed by atoms with E-state index in [1.165, 1.54) is 12.1 Å². The Kier molecular flexibility index (Phi) is 4.41. The van der Waals surface area contributed by atoms with E-state index < -0.39 is 6.04 Å². The third-order valence-corrected chi connectivity index (χ3v) is 5.79. The molecule has 2 aromatic carbocycles. The highest BCUT2D eigenvalue weighted by atomic mass is 35.5. The van der Waals surface area contributed by atoms with Crippen LogP contribution in [0.1, 0.15) is 30.9 Å². The van der Waals surface area contributed by atoms with Gasteiger partial charge in [0.05, 0.1) is 0 Å². The highest BCUT2D eigenvalue weighted by Gasteiger charge is 2.37. The number of carbonyl (C=O) groups is 1. The lowest BCUT2D eigenvalue weighted by Gasteiger charge is -2.32. The molecule has 5 nitrogen and oxygen atoms in total. The number of nitrogens with one attached hydrogen (secondary N) is 1. The highest BCUT2D eigenvalue weighted by Crippen LogP contribution is 2.42. The van der Waals surface area contributed by atoms with Crippen LogP contribution in [0.15, 0.2) is 53.7 Å². The number of rotatable bonds is 2. The van der Waals surface area contributed by atoms with Gasteiger partial charge in [-0.05, 0) is 49.2 Å². The van der Waals surface area contributed by atoms with Crippen LogP contribution in [-0.4, -0.2) is 20.5 Å². The molecule has 0 spiro atoms. The average molecular weight is 429 g/mol. The Balaban J connectivity index is 1.69. The van der Waals surface area contributed by atoms with Gasteiger partial charge < -0.3 is 5.32 Å². The predicted molar refractivity (Wildman–Crippen MR) is 110 cm³/mol. The fourth-order valence-electron chi connectivity index (χ4n) is 3.89. The van der Waals surface area contributed by atoms with Crippen LogP contribution in [0.5, 0.6) is 0 Å². The number of allylic oxidation sites excluding steroid dienone is 2. The van der Waals surface area contributed by atoms with Gasteiger partial charge in [0.25, 0.3) is 0 Å². The maximum absolute atomic E-state index is 13.3. The molecule has 3 aromatic rings. The number of benzene rings is 2. The van der Waals surface area contributed by atoms with Gasteiger partial charge in [-0.2, -0.15) is 4.98 Å². The summed E-state index contributed by atoms with van der Waals surface area (Å²) >= 11 is 12.6. The predicted octanol–water partition coefficient (Wildman–Crippen LogP) is 5.41. The van der Waals surface area contributed by atoms with Crippen molar-refractivity contribution >= 4 is 34.9 Å². The normalized spacial score (nSPS) is 18.3. The second-order valence-corrected chi connectivity index (χ2v) is 7.92. The Morgan fingerprint density at radius 2 is 1.90 bits per heavy atom. The number of fused-ring (bicyclic) bond motifs is 1. The summed E-state index contributed by atoms with van der Waals surface area (Å²) in [4.78, 5) is 17.4. The first-order valence-corrected chi connectivity index (χ1v) is 9.97. The van der Waals surface area contributed by atoms with Crippen LogP contribution in [0, 0.1) is 5.82 Å². The van der Waals surface area contributed by atoms with Gasteiger partial charge in [-0.3, -0.25) is 4.79 Å². The highest BCUT2D eigenvalue weighted by molar-refractivity contribution is 6.35. The third-order valence-electron chi connectivity index (χ3n) is 5.23. The van der Waals surface area contributed by atoms with Gasteiger partial charge in [0.15, 0.2) is 11.6 Å². The minimum absolute atomic E-state index is 0.0687. The van der Waals surface area contributed by atoms with E-state index in [0.29, 0.717) is 39.4 Å². The molecule has 146 valence electrons. The molecule has 1 N–H and O–H groups in total. The topological polar surface area (TPSA) is 59.8 Å². The Hall–Kier alpha value is -2.70. The van der Waals surface area contributed by atoms with E-state index in [1.54, 1.807) is 28.9 Å². The molecule has 0 amide bonds. The van der Waals surface area contributed by atoms with Crippen LogP contribution in [-0.2, 0) is 4.79 Å². The van der Waals surface area contributed by atoms with Crippen LogP contribution in [0.25, 0.3) is 11.4 Å². The summed E-state index contributed by atoms with van der Waals surface area (Å²) in [6.45, 7) is 0. The molecule has 8 heteroatoms. The van der Waals surface area contributed by atoms with Crippen LogP contribution in [0.4, 0.5) is 10.3 Å². The lowest BCUT2D eigenvalue weighted by atomic mass is 9.85. The number of hydrogen-bond donors (Lipinski definition) is 1. The van der Waals surface area contributed by atoms with E-state index in [0.717, 1.165) is 24.1 Å². The third kappa shape index (κ3) is 3.12. The van der Waals surface area contributed by atoms with Crippen molar-refractivity contribution in [1.82, 2.24) is 14.8 Å². The lowest BCUT2D eigenvalue weighted by Crippen LogP contribution is -2.31. The number of ketones is 1. The molecule has 0 saturated heterocycles. The number of Topliss-reactive ketones (excluding diaryl/α,β-unsaturated/α-hetero) is 1. The number of hydrogen-bond acceptors (Lipinski definition) is 4. The molecule has 0 radical (unpaired) electrons. The van der Waals surface area contributed by atoms with Gasteiger partial charge in [-0.1, -0.05) is 29.3 Å². The summed E-state index contributed by atoms with van der Waals surface area (Å²) in [5.74, 6) is 0.701. The fraction of sp³-hybridized carbons (Fsp3) is 0.190. The smallest absolute Gasteiger partial charge is 0.226 e. The van der Waals surface area contributed by atoms with E-state index >= 15 is 0 Å². The van der Waals surface area contributed by atoms with Crippen LogP contribution in [0.2, 0.25) is 10.0 Å². The first-order valence-electron chi connectivity index (χ1n) is 9.22. The molecule has 1 aromatic heterocycles. The number of halogens is 3. The van der Waals surface area contributed by atoms with Gasteiger partial charge in [0, 0.05) is 38.9 Å². The maximum Gasteiger partial charge on any atom is 0.226 e. The van der Waals surface area contributed by atoms with Gasteiger partial charge >= 0.3 is 0 Å². The maximum atomic E-state index is 13.3. The minimum Gasteiger partial charge on any atom is -0.328 e. The number of aromatic nitrogens is 3. The Labute approximate surface area is 176 Å². The van der Waals surface area contributed by atoms with E-state index in [2.05, 4.69) is 15.4 Å². The molecule has 2 aliphatic rings. The fourth-order valence-corrected chi connectivity index (χ4v) is 4.40. The molecule has 29 heavy (non-hydrogen) atoms. The molecule has 2 heterocycles. The minimum atomic E-state index is -0.500. The Bertz CT molecular complexity index is 1170. The summed E-state index contributed by atoms with van der Waals surface area (Å²) in [7, 11) is 0. The number of nitrogens with zero attached hydrogens (tertiary/aromatic N) is 3. The summed E-state index contributed by atoms with van der Waals surface area (Å²) in [5, 5.41) is 8.88. The number of anilines is 1. The SMILES string of the molecule is O=C1CCCC2=C1C(c1ccc(Cl)cc1Cl)n1nc(-c3ccc(F)cc3)nc1N2. The van der Waals surface area contributed by atoms with E-state index in [-0.39, 0.29) is 11.6 Å². The second kappa shape index (κ2) is 6.97. The molecule has 0 saturated carbocycles.